The van der Waals surface area contributed by atoms with E-state index in [9.17, 15) is 9.59 Å². The highest BCUT2D eigenvalue weighted by Crippen LogP contribution is 2.30. The third kappa shape index (κ3) is 3.58. The fraction of sp³-hybridized carbons (Fsp3) is 0.450. The first-order valence-electron chi connectivity index (χ1n) is 9.39. The number of fused-ring (bicyclic) bond motifs is 1. The summed E-state index contributed by atoms with van der Waals surface area (Å²) in [6.45, 7) is 4.22. The number of hydrogen-bond donors (Lipinski definition) is 1. The second kappa shape index (κ2) is 7.35. The zero-order valence-electron chi connectivity index (χ0n) is 15.4. The van der Waals surface area contributed by atoms with Gasteiger partial charge in [0.05, 0.1) is 5.69 Å². The molecule has 4 rings (SSSR count). The number of H-pyrrole nitrogens is 1. The van der Waals surface area contributed by atoms with Crippen LogP contribution in [0.1, 0.15) is 31.0 Å². The van der Waals surface area contributed by atoms with Gasteiger partial charge < -0.3 is 9.80 Å². The summed E-state index contributed by atoms with van der Waals surface area (Å²) < 4.78 is 0. The van der Waals surface area contributed by atoms with Gasteiger partial charge >= 0.3 is 0 Å². The number of aromatic amines is 1. The number of carbonyl (C=O) groups is 2. The fourth-order valence-corrected chi connectivity index (χ4v) is 4.16. The molecule has 1 aromatic heterocycles. The normalized spacial score (nSPS) is 17.7. The van der Waals surface area contributed by atoms with Crippen LogP contribution in [-0.2, 0) is 22.6 Å². The second-order valence-electron chi connectivity index (χ2n) is 7.33. The summed E-state index contributed by atoms with van der Waals surface area (Å²) >= 11 is 5.99. The molecule has 1 fully saturated rings. The summed E-state index contributed by atoms with van der Waals surface area (Å²) in [4.78, 5) is 28.3. The Morgan fingerprint density at radius 2 is 1.81 bits per heavy atom. The van der Waals surface area contributed by atoms with E-state index in [0.29, 0.717) is 31.2 Å². The van der Waals surface area contributed by atoms with E-state index >= 15 is 0 Å². The summed E-state index contributed by atoms with van der Waals surface area (Å²) in [6.07, 6.45) is 2.28. The number of likely N-dealkylation sites (tertiary alicyclic amines) is 1. The number of benzene rings is 1. The lowest BCUT2D eigenvalue weighted by Gasteiger charge is -2.35. The maximum atomic E-state index is 13.0. The van der Waals surface area contributed by atoms with Crippen molar-refractivity contribution >= 4 is 23.4 Å². The summed E-state index contributed by atoms with van der Waals surface area (Å²) in [5, 5.41) is 8.31. The summed E-state index contributed by atoms with van der Waals surface area (Å²) in [5.74, 6) is 0.301. The minimum atomic E-state index is 0.00744. The van der Waals surface area contributed by atoms with E-state index in [1.165, 1.54) is 0 Å². The standard InChI is InChI=1S/C20H23ClN4O2/c1-13(26)24-9-6-15(7-10-24)20(27)25-11-8-18-17(12-25)19(23-22-18)14-2-4-16(21)5-3-14/h2-5,15H,6-12H2,1H3,(H,22,23). The molecule has 1 aromatic carbocycles. The van der Waals surface area contributed by atoms with E-state index in [1.54, 1.807) is 6.92 Å². The fourth-order valence-electron chi connectivity index (χ4n) is 4.03. The second-order valence-corrected chi connectivity index (χ2v) is 7.76. The van der Waals surface area contributed by atoms with E-state index in [-0.39, 0.29) is 17.7 Å². The predicted molar refractivity (Wildman–Crippen MR) is 103 cm³/mol. The molecule has 27 heavy (non-hydrogen) atoms. The van der Waals surface area contributed by atoms with Gasteiger partial charge in [-0.25, -0.2) is 0 Å². The number of halogens is 1. The van der Waals surface area contributed by atoms with Crippen LogP contribution in [0.5, 0.6) is 0 Å². The molecule has 2 aliphatic rings. The minimum Gasteiger partial charge on any atom is -0.343 e. The van der Waals surface area contributed by atoms with Crippen molar-refractivity contribution in [3.05, 3.63) is 40.5 Å². The number of amides is 2. The largest absolute Gasteiger partial charge is 0.343 e. The Bertz CT molecular complexity index is 853. The first kappa shape index (κ1) is 18.0. The van der Waals surface area contributed by atoms with Crippen LogP contribution in [0.3, 0.4) is 0 Å². The van der Waals surface area contributed by atoms with Gasteiger partial charge in [-0.1, -0.05) is 23.7 Å². The number of piperidine rings is 1. The molecule has 142 valence electrons. The van der Waals surface area contributed by atoms with Crippen LogP contribution in [-0.4, -0.2) is 51.4 Å². The maximum absolute atomic E-state index is 13.0. The Morgan fingerprint density at radius 1 is 1.11 bits per heavy atom. The summed E-state index contributed by atoms with van der Waals surface area (Å²) in [7, 11) is 0. The Morgan fingerprint density at radius 3 is 2.48 bits per heavy atom. The van der Waals surface area contributed by atoms with Crippen molar-refractivity contribution in [3.8, 4) is 11.3 Å². The van der Waals surface area contributed by atoms with Crippen LogP contribution in [0.15, 0.2) is 24.3 Å². The van der Waals surface area contributed by atoms with E-state index < -0.39 is 0 Å². The molecular formula is C20H23ClN4O2. The lowest BCUT2D eigenvalue weighted by atomic mass is 9.93. The van der Waals surface area contributed by atoms with E-state index in [0.717, 1.165) is 41.8 Å². The van der Waals surface area contributed by atoms with Crippen LogP contribution >= 0.6 is 11.6 Å². The number of nitrogens with zero attached hydrogens (tertiary/aromatic N) is 3. The van der Waals surface area contributed by atoms with Gasteiger partial charge in [-0.2, -0.15) is 5.10 Å². The number of hydrogen-bond acceptors (Lipinski definition) is 3. The first-order chi connectivity index (χ1) is 13.0. The topological polar surface area (TPSA) is 69.3 Å². The number of nitrogens with one attached hydrogen (secondary N) is 1. The quantitative estimate of drug-likeness (QED) is 0.862. The SMILES string of the molecule is CC(=O)N1CCC(C(=O)N2CCc3[nH]nc(-c4ccc(Cl)cc4)c3C2)CC1. The van der Waals surface area contributed by atoms with Crippen molar-refractivity contribution in [3.63, 3.8) is 0 Å². The van der Waals surface area contributed by atoms with Gasteiger partial charge in [-0.05, 0) is 25.0 Å². The molecule has 0 spiro atoms. The molecule has 2 amide bonds. The number of rotatable bonds is 2. The van der Waals surface area contributed by atoms with Crippen LogP contribution < -0.4 is 0 Å². The molecular weight excluding hydrogens is 364 g/mol. The zero-order chi connectivity index (χ0) is 19.0. The van der Waals surface area contributed by atoms with E-state index in [1.807, 2.05) is 34.1 Å². The molecule has 0 aliphatic carbocycles. The predicted octanol–water partition coefficient (Wildman–Crippen LogP) is 2.87. The van der Waals surface area contributed by atoms with Crippen LogP contribution in [0, 0.1) is 5.92 Å². The van der Waals surface area contributed by atoms with E-state index in [2.05, 4.69) is 10.2 Å². The molecule has 0 radical (unpaired) electrons. The molecule has 7 heteroatoms. The maximum Gasteiger partial charge on any atom is 0.226 e. The van der Waals surface area contributed by atoms with Gasteiger partial charge in [-0.3, -0.25) is 14.7 Å². The van der Waals surface area contributed by atoms with Crippen molar-refractivity contribution in [2.75, 3.05) is 19.6 Å². The molecule has 2 aromatic rings. The van der Waals surface area contributed by atoms with Gasteiger partial charge in [0.25, 0.3) is 0 Å². The van der Waals surface area contributed by atoms with Gasteiger partial charge in [0.1, 0.15) is 0 Å². The third-order valence-corrected chi connectivity index (χ3v) is 5.90. The Kier molecular flexibility index (Phi) is 4.91. The Labute approximate surface area is 163 Å². The summed E-state index contributed by atoms with van der Waals surface area (Å²) in [5.41, 5.74) is 4.10. The molecule has 1 N–H and O–H groups in total. The Hall–Kier alpha value is -2.34. The Balaban J connectivity index is 1.48. The first-order valence-corrected chi connectivity index (χ1v) is 9.77. The van der Waals surface area contributed by atoms with Crippen molar-refractivity contribution in [1.82, 2.24) is 20.0 Å². The van der Waals surface area contributed by atoms with Gasteiger partial charge in [0.2, 0.25) is 11.8 Å². The van der Waals surface area contributed by atoms with Gasteiger partial charge in [-0.15, -0.1) is 0 Å². The van der Waals surface area contributed by atoms with Gasteiger partial charge in [0.15, 0.2) is 0 Å². The van der Waals surface area contributed by atoms with Crippen molar-refractivity contribution in [1.29, 1.82) is 0 Å². The average Bonchev–Trinajstić information content (AvgIpc) is 3.11. The summed E-state index contributed by atoms with van der Waals surface area (Å²) in [6, 6.07) is 7.62. The lowest BCUT2D eigenvalue weighted by Crippen LogP contribution is -2.45. The molecule has 0 atom stereocenters. The highest BCUT2D eigenvalue weighted by Gasteiger charge is 2.32. The van der Waals surface area contributed by atoms with Crippen LogP contribution in [0.2, 0.25) is 5.02 Å². The highest BCUT2D eigenvalue weighted by atomic mass is 35.5. The van der Waals surface area contributed by atoms with Crippen LogP contribution in [0.25, 0.3) is 11.3 Å². The van der Waals surface area contributed by atoms with Crippen molar-refractivity contribution < 1.29 is 9.59 Å². The zero-order valence-corrected chi connectivity index (χ0v) is 16.1. The number of aromatic nitrogens is 2. The molecule has 1 saturated heterocycles. The van der Waals surface area contributed by atoms with Crippen LogP contribution in [0.4, 0.5) is 0 Å². The van der Waals surface area contributed by atoms with E-state index in [4.69, 9.17) is 11.6 Å². The highest BCUT2D eigenvalue weighted by molar-refractivity contribution is 6.30. The molecule has 0 bridgehead atoms. The molecule has 0 saturated carbocycles. The lowest BCUT2D eigenvalue weighted by molar-refractivity contribution is -0.140. The molecule has 0 unspecified atom stereocenters. The van der Waals surface area contributed by atoms with Crippen molar-refractivity contribution in [2.24, 2.45) is 5.92 Å². The monoisotopic (exact) mass is 386 g/mol. The molecule has 3 heterocycles. The smallest absolute Gasteiger partial charge is 0.226 e. The molecule has 6 nitrogen and oxygen atoms in total. The molecule has 2 aliphatic heterocycles. The average molecular weight is 387 g/mol. The van der Waals surface area contributed by atoms with Gasteiger partial charge in [0, 0.05) is 67.3 Å². The third-order valence-electron chi connectivity index (χ3n) is 5.65. The minimum absolute atomic E-state index is 0.00744. The number of carbonyl (C=O) groups excluding carboxylic acids is 2. The van der Waals surface area contributed by atoms with Crippen molar-refractivity contribution in [2.45, 2.75) is 32.7 Å².